The Hall–Kier alpha value is -2.90. The van der Waals surface area contributed by atoms with Gasteiger partial charge < -0.3 is 9.80 Å². The molecule has 0 amide bonds. The van der Waals surface area contributed by atoms with Crippen LogP contribution in [0.1, 0.15) is 37.3 Å². The number of rotatable bonds is 5. The van der Waals surface area contributed by atoms with Gasteiger partial charge in [-0.25, -0.2) is 28.7 Å². The maximum Gasteiger partial charge on any atom is 0.187 e. The number of hydrogen-bond donors (Lipinski definition) is 0. The van der Waals surface area contributed by atoms with Gasteiger partial charge in [-0.3, -0.25) is 0 Å². The van der Waals surface area contributed by atoms with Gasteiger partial charge in [0.05, 0.1) is 11.2 Å². The SMILES string of the molecule is CN(CC1CCN(c2ncnc3cc(F)ccc23)CC1)c1ncnc(C2CC2)c1F. The Bertz CT molecular complexity index is 1060. The number of aromatic nitrogens is 4. The zero-order valence-corrected chi connectivity index (χ0v) is 16.9. The Morgan fingerprint density at radius 1 is 1.00 bits per heavy atom. The van der Waals surface area contributed by atoms with Crippen molar-refractivity contribution in [3.63, 3.8) is 0 Å². The van der Waals surface area contributed by atoms with Gasteiger partial charge in [-0.1, -0.05) is 0 Å². The first kappa shape index (κ1) is 19.1. The zero-order valence-electron chi connectivity index (χ0n) is 16.9. The lowest BCUT2D eigenvalue weighted by Gasteiger charge is -2.35. The number of nitrogens with zero attached hydrogens (tertiary/aromatic N) is 6. The van der Waals surface area contributed by atoms with Gasteiger partial charge in [0.25, 0.3) is 0 Å². The van der Waals surface area contributed by atoms with Crippen LogP contribution >= 0.6 is 0 Å². The summed E-state index contributed by atoms with van der Waals surface area (Å²) in [6, 6.07) is 4.63. The molecule has 1 aliphatic heterocycles. The minimum absolute atomic E-state index is 0.263. The van der Waals surface area contributed by atoms with E-state index < -0.39 is 0 Å². The Morgan fingerprint density at radius 3 is 2.53 bits per heavy atom. The highest BCUT2D eigenvalue weighted by atomic mass is 19.1. The molecular weight excluding hydrogens is 386 g/mol. The Labute approximate surface area is 174 Å². The minimum Gasteiger partial charge on any atom is -0.357 e. The fraction of sp³-hybridized carbons (Fsp3) is 0.455. The van der Waals surface area contributed by atoms with E-state index in [1.165, 1.54) is 24.8 Å². The predicted octanol–water partition coefficient (Wildman–Crippen LogP) is 3.93. The molecule has 8 heteroatoms. The summed E-state index contributed by atoms with van der Waals surface area (Å²) in [5, 5.41) is 0.866. The molecule has 30 heavy (non-hydrogen) atoms. The van der Waals surface area contributed by atoms with E-state index in [4.69, 9.17) is 0 Å². The lowest BCUT2D eigenvalue weighted by Crippen LogP contribution is -2.38. The predicted molar refractivity (Wildman–Crippen MR) is 112 cm³/mol. The van der Waals surface area contributed by atoms with E-state index >= 15 is 0 Å². The molecule has 0 atom stereocenters. The van der Waals surface area contributed by atoms with Gasteiger partial charge in [-0.2, -0.15) is 0 Å². The van der Waals surface area contributed by atoms with Gasteiger partial charge in [0.2, 0.25) is 0 Å². The van der Waals surface area contributed by atoms with Crippen LogP contribution < -0.4 is 9.80 Å². The third kappa shape index (κ3) is 3.66. The van der Waals surface area contributed by atoms with E-state index in [9.17, 15) is 8.78 Å². The molecular formula is C22H24F2N6. The topological polar surface area (TPSA) is 58.0 Å². The summed E-state index contributed by atoms with van der Waals surface area (Å²) >= 11 is 0. The van der Waals surface area contributed by atoms with E-state index in [0.717, 1.165) is 56.5 Å². The van der Waals surface area contributed by atoms with Gasteiger partial charge in [0.15, 0.2) is 11.6 Å². The molecule has 6 nitrogen and oxygen atoms in total. The maximum absolute atomic E-state index is 14.8. The average molecular weight is 410 g/mol. The van der Waals surface area contributed by atoms with Crippen LogP contribution in [0.2, 0.25) is 0 Å². The molecule has 0 N–H and O–H groups in total. The molecule has 0 spiro atoms. The second kappa shape index (κ2) is 7.74. The van der Waals surface area contributed by atoms with Crippen LogP contribution in [0.25, 0.3) is 10.9 Å². The number of anilines is 2. The van der Waals surface area contributed by atoms with Crippen LogP contribution in [0.4, 0.5) is 20.4 Å². The maximum atomic E-state index is 14.8. The van der Waals surface area contributed by atoms with Gasteiger partial charge in [0.1, 0.15) is 24.3 Å². The van der Waals surface area contributed by atoms with E-state index in [2.05, 4.69) is 24.8 Å². The highest BCUT2D eigenvalue weighted by Gasteiger charge is 2.31. The minimum atomic E-state index is -0.296. The first-order valence-corrected chi connectivity index (χ1v) is 10.5. The van der Waals surface area contributed by atoms with Crippen LogP contribution in [-0.4, -0.2) is 46.6 Å². The van der Waals surface area contributed by atoms with Crippen molar-refractivity contribution in [2.75, 3.05) is 36.5 Å². The van der Waals surface area contributed by atoms with Gasteiger partial charge >= 0.3 is 0 Å². The first-order chi connectivity index (χ1) is 14.6. The zero-order chi connectivity index (χ0) is 20.7. The van der Waals surface area contributed by atoms with Crippen molar-refractivity contribution in [2.45, 2.75) is 31.6 Å². The molecule has 3 heterocycles. The Kier molecular flexibility index (Phi) is 4.92. The molecule has 1 aliphatic carbocycles. The summed E-state index contributed by atoms with van der Waals surface area (Å²) < 4.78 is 28.3. The van der Waals surface area contributed by atoms with Gasteiger partial charge in [0, 0.05) is 44.1 Å². The average Bonchev–Trinajstić information content (AvgIpc) is 3.59. The van der Waals surface area contributed by atoms with Crippen molar-refractivity contribution in [2.24, 2.45) is 5.92 Å². The Morgan fingerprint density at radius 2 is 1.77 bits per heavy atom. The lowest BCUT2D eigenvalue weighted by atomic mass is 9.96. The van der Waals surface area contributed by atoms with Crippen LogP contribution in [-0.2, 0) is 0 Å². The summed E-state index contributed by atoms with van der Waals surface area (Å²) in [5.41, 5.74) is 1.18. The molecule has 5 rings (SSSR count). The van der Waals surface area contributed by atoms with Crippen molar-refractivity contribution in [3.05, 3.63) is 48.2 Å². The van der Waals surface area contributed by atoms with Crippen molar-refractivity contribution in [1.29, 1.82) is 0 Å². The second-order valence-electron chi connectivity index (χ2n) is 8.34. The standard InChI is InChI=1S/C22H24F2N6/c1-29(22-19(24)20(15-2-3-15)26-13-28-22)11-14-6-8-30(9-7-14)21-17-5-4-16(23)10-18(17)25-12-27-21/h4-5,10,12-15H,2-3,6-9,11H2,1H3. The summed E-state index contributed by atoms with van der Waals surface area (Å²) in [4.78, 5) is 21.1. The fourth-order valence-corrected chi connectivity index (χ4v) is 4.35. The summed E-state index contributed by atoms with van der Waals surface area (Å²) in [5.74, 6) is 1.39. The van der Waals surface area contributed by atoms with Crippen molar-refractivity contribution >= 4 is 22.5 Å². The monoisotopic (exact) mass is 410 g/mol. The van der Waals surface area contributed by atoms with E-state index in [-0.39, 0.29) is 17.6 Å². The fourth-order valence-electron chi connectivity index (χ4n) is 4.35. The molecule has 1 saturated carbocycles. The third-order valence-electron chi connectivity index (χ3n) is 6.15. The second-order valence-corrected chi connectivity index (χ2v) is 8.34. The van der Waals surface area contributed by atoms with Crippen LogP contribution in [0.3, 0.4) is 0 Å². The molecule has 2 aromatic heterocycles. The highest BCUT2D eigenvalue weighted by Crippen LogP contribution is 2.41. The van der Waals surface area contributed by atoms with Crippen molar-refractivity contribution in [1.82, 2.24) is 19.9 Å². The lowest BCUT2D eigenvalue weighted by molar-refractivity contribution is 0.405. The quantitative estimate of drug-likeness (QED) is 0.635. The van der Waals surface area contributed by atoms with Crippen LogP contribution in [0.15, 0.2) is 30.9 Å². The van der Waals surface area contributed by atoms with Crippen molar-refractivity contribution < 1.29 is 8.78 Å². The van der Waals surface area contributed by atoms with Gasteiger partial charge in [-0.05, 0) is 43.7 Å². The van der Waals surface area contributed by atoms with E-state index in [0.29, 0.717) is 22.9 Å². The molecule has 0 radical (unpaired) electrons. The van der Waals surface area contributed by atoms with Gasteiger partial charge in [-0.15, -0.1) is 0 Å². The Balaban J connectivity index is 1.25. The number of hydrogen-bond acceptors (Lipinski definition) is 6. The van der Waals surface area contributed by atoms with Crippen molar-refractivity contribution in [3.8, 4) is 0 Å². The molecule has 0 unspecified atom stereocenters. The molecule has 156 valence electrons. The number of benzene rings is 1. The van der Waals surface area contributed by atoms with E-state index in [1.54, 1.807) is 6.07 Å². The van der Waals surface area contributed by atoms with Crippen LogP contribution in [0, 0.1) is 17.6 Å². The molecule has 2 fully saturated rings. The number of fused-ring (bicyclic) bond motifs is 1. The summed E-state index contributed by atoms with van der Waals surface area (Å²) in [7, 11) is 1.90. The number of halogens is 2. The first-order valence-electron chi connectivity index (χ1n) is 10.5. The summed E-state index contributed by atoms with van der Waals surface area (Å²) in [6.45, 7) is 2.45. The molecule has 2 aliphatic rings. The molecule has 0 bridgehead atoms. The highest BCUT2D eigenvalue weighted by molar-refractivity contribution is 5.89. The normalized spacial score (nSPS) is 17.5. The third-order valence-corrected chi connectivity index (χ3v) is 6.15. The van der Waals surface area contributed by atoms with E-state index in [1.807, 2.05) is 11.9 Å². The molecule has 3 aromatic rings. The molecule has 1 saturated heterocycles. The smallest absolute Gasteiger partial charge is 0.187 e. The number of piperidine rings is 1. The summed E-state index contributed by atoms with van der Waals surface area (Å²) in [6.07, 6.45) is 6.94. The molecule has 1 aromatic carbocycles. The largest absolute Gasteiger partial charge is 0.357 e. The van der Waals surface area contributed by atoms with Crippen LogP contribution in [0.5, 0.6) is 0 Å².